The molecule has 0 atom stereocenters. The van der Waals surface area contributed by atoms with Gasteiger partial charge in [-0.25, -0.2) is 9.97 Å². The van der Waals surface area contributed by atoms with Crippen LogP contribution in [0.5, 0.6) is 0 Å². The van der Waals surface area contributed by atoms with E-state index in [0.29, 0.717) is 6.54 Å². The first-order valence-electron chi connectivity index (χ1n) is 8.49. The number of aromatic nitrogens is 3. The lowest BCUT2D eigenvalue weighted by Crippen LogP contribution is -2.18. The van der Waals surface area contributed by atoms with Crippen molar-refractivity contribution < 1.29 is 0 Å². The van der Waals surface area contributed by atoms with E-state index in [1.54, 1.807) is 6.20 Å². The molecule has 0 aliphatic carbocycles. The number of pyridine rings is 1. The topological polar surface area (TPSA) is 53.9 Å². The Kier molecular flexibility index (Phi) is 5.23. The number of rotatable bonds is 6. The third-order valence-electron chi connectivity index (χ3n) is 3.91. The normalized spacial score (nSPS) is 10.5. The van der Waals surface area contributed by atoms with Crippen LogP contribution < -0.4 is 10.2 Å². The minimum atomic E-state index is 0.632. The van der Waals surface area contributed by atoms with Crippen molar-refractivity contribution in [2.75, 3.05) is 16.8 Å². The quantitative estimate of drug-likeness (QED) is 0.730. The molecule has 0 bridgehead atoms. The van der Waals surface area contributed by atoms with Crippen LogP contribution in [-0.4, -0.2) is 21.5 Å². The molecule has 0 fully saturated rings. The zero-order chi connectivity index (χ0) is 17.6. The molecule has 1 N–H and O–H groups in total. The van der Waals surface area contributed by atoms with Gasteiger partial charge in [-0.15, -0.1) is 0 Å². The van der Waals surface area contributed by atoms with Gasteiger partial charge < -0.3 is 10.2 Å². The molecular weight excluding hydrogens is 310 g/mol. The standard InChI is InChI=1S/C20H23N5/c1-4-25(18-10-7-8-15(2)12-18)20-13-19(23-16(3)24-20)22-14-17-9-5-6-11-21-17/h5-13H,4,14H2,1-3H3,(H,22,23,24). The van der Waals surface area contributed by atoms with Crippen LogP contribution in [0.4, 0.5) is 17.3 Å². The molecule has 3 rings (SSSR count). The lowest BCUT2D eigenvalue weighted by atomic mass is 10.2. The highest BCUT2D eigenvalue weighted by Crippen LogP contribution is 2.26. The third-order valence-corrected chi connectivity index (χ3v) is 3.91. The Morgan fingerprint density at radius 2 is 1.88 bits per heavy atom. The lowest BCUT2D eigenvalue weighted by Gasteiger charge is -2.23. The average molecular weight is 333 g/mol. The van der Waals surface area contributed by atoms with Gasteiger partial charge >= 0.3 is 0 Å². The van der Waals surface area contributed by atoms with Crippen molar-refractivity contribution in [1.82, 2.24) is 15.0 Å². The van der Waals surface area contributed by atoms with E-state index < -0.39 is 0 Å². The summed E-state index contributed by atoms with van der Waals surface area (Å²) in [5.74, 6) is 2.44. The van der Waals surface area contributed by atoms with Gasteiger partial charge in [-0.3, -0.25) is 4.98 Å². The summed E-state index contributed by atoms with van der Waals surface area (Å²) in [4.78, 5) is 15.6. The SMILES string of the molecule is CCN(c1cccc(C)c1)c1cc(NCc2ccccn2)nc(C)n1. The predicted octanol–water partition coefficient (Wildman–Crippen LogP) is 4.26. The Labute approximate surface area is 148 Å². The first-order chi connectivity index (χ1) is 12.2. The maximum Gasteiger partial charge on any atom is 0.138 e. The Morgan fingerprint density at radius 3 is 2.60 bits per heavy atom. The molecule has 5 nitrogen and oxygen atoms in total. The molecule has 3 aromatic rings. The minimum Gasteiger partial charge on any atom is -0.364 e. The van der Waals surface area contributed by atoms with Gasteiger partial charge in [0.05, 0.1) is 12.2 Å². The second kappa shape index (κ2) is 7.75. The largest absolute Gasteiger partial charge is 0.364 e. The molecular formula is C20H23N5. The van der Waals surface area contributed by atoms with Crippen LogP contribution in [0.25, 0.3) is 0 Å². The monoisotopic (exact) mass is 333 g/mol. The molecule has 1 aromatic carbocycles. The van der Waals surface area contributed by atoms with Crippen molar-refractivity contribution >= 4 is 17.3 Å². The first kappa shape index (κ1) is 16.9. The fourth-order valence-corrected chi connectivity index (χ4v) is 2.74. The zero-order valence-electron chi connectivity index (χ0n) is 14.9. The Hall–Kier alpha value is -2.95. The molecule has 128 valence electrons. The number of aryl methyl sites for hydroxylation is 2. The Bertz CT molecular complexity index is 832. The molecule has 0 amide bonds. The second-order valence-electron chi connectivity index (χ2n) is 5.92. The van der Waals surface area contributed by atoms with Gasteiger partial charge in [-0.05, 0) is 50.6 Å². The maximum absolute atomic E-state index is 4.63. The van der Waals surface area contributed by atoms with Crippen LogP contribution in [0, 0.1) is 13.8 Å². The third kappa shape index (κ3) is 4.32. The summed E-state index contributed by atoms with van der Waals surface area (Å²) in [5.41, 5.74) is 3.35. The van der Waals surface area contributed by atoms with Gasteiger partial charge in [0.1, 0.15) is 17.5 Å². The molecule has 0 saturated heterocycles. The molecule has 5 heteroatoms. The molecule has 2 aromatic heterocycles. The average Bonchev–Trinajstić information content (AvgIpc) is 2.61. The number of nitrogens with zero attached hydrogens (tertiary/aromatic N) is 4. The van der Waals surface area contributed by atoms with E-state index in [1.807, 2.05) is 31.2 Å². The van der Waals surface area contributed by atoms with Gasteiger partial charge in [0.15, 0.2) is 0 Å². The summed E-state index contributed by atoms with van der Waals surface area (Å²) in [6, 6.07) is 16.3. The molecule has 0 aliphatic heterocycles. The van der Waals surface area contributed by atoms with E-state index in [9.17, 15) is 0 Å². The highest BCUT2D eigenvalue weighted by Gasteiger charge is 2.11. The zero-order valence-corrected chi connectivity index (χ0v) is 14.9. The number of anilines is 3. The van der Waals surface area contributed by atoms with E-state index in [1.165, 1.54) is 5.56 Å². The minimum absolute atomic E-state index is 0.632. The molecule has 0 saturated carbocycles. The summed E-state index contributed by atoms with van der Waals surface area (Å²) >= 11 is 0. The number of nitrogens with one attached hydrogen (secondary N) is 1. The van der Waals surface area contributed by atoms with Gasteiger partial charge in [0, 0.05) is 24.5 Å². The lowest BCUT2D eigenvalue weighted by molar-refractivity contribution is 0.941. The Balaban J connectivity index is 1.84. The second-order valence-corrected chi connectivity index (χ2v) is 5.92. The van der Waals surface area contributed by atoms with Crippen molar-refractivity contribution in [1.29, 1.82) is 0 Å². The number of hydrogen-bond acceptors (Lipinski definition) is 5. The van der Waals surface area contributed by atoms with Gasteiger partial charge in [-0.2, -0.15) is 0 Å². The summed E-state index contributed by atoms with van der Waals surface area (Å²) in [6.07, 6.45) is 1.80. The van der Waals surface area contributed by atoms with Crippen molar-refractivity contribution in [3.63, 3.8) is 0 Å². The van der Waals surface area contributed by atoms with Crippen LogP contribution in [0.2, 0.25) is 0 Å². The molecule has 0 spiro atoms. The summed E-state index contributed by atoms with van der Waals surface area (Å²) in [5, 5.41) is 3.34. The summed E-state index contributed by atoms with van der Waals surface area (Å²) in [7, 11) is 0. The van der Waals surface area contributed by atoms with Gasteiger partial charge in [0.25, 0.3) is 0 Å². The van der Waals surface area contributed by atoms with E-state index >= 15 is 0 Å². The highest BCUT2D eigenvalue weighted by atomic mass is 15.2. The van der Waals surface area contributed by atoms with Gasteiger partial charge in [-0.1, -0.05) is 18.2 Å². The van der Waals surface area contributed by atoms with E-state index in [-0.39, 0.29) is 0 Å². The highest BCUT2D eigenvalue weighted by molar-refractivity contribution is 5.63. The molecule has 25 heavy (non-hydrogen) atoms. The van der Waals surface area contributed by atoms with Crippen LogP contribution in [0.15, 0.2) is 54.7 Å². The Morgan fingerprint density at radius 1 is 1.00 bits per heavy atom. The van der Waals surface area contributed by atoms with E-state index in [4.69, 9.17) is 0 Å². The van der Waals surface area contributed by atoms with Crippen molar-refractivity contribution in [3.05, 3.63) is 71.8 Å². The molecule has 0 radical (unpaired) electrons. The molecule has 0 unspecified atom stereocenters. The predicted molar refractivity (Wildman–Crippen MR) is 102 cm³/mol. The smallest absolute Gasteiger partial charge is 0.138 e. The summed E-state index contributed by atoms with van der Waals surface area (Å²) < 4.78 is 0. The van der Waals surface area contributed by atoms with Crippen molar-refractivity contribution in [3.8, 4) is 0 Å². The maximum atomic E-state index is 4.63. The number of hydrogen-bond donors (Lipinski definition) is 1. The number of benzene rings is 1. The first-order valence-corrected chi connectivity index (χ1v) is 8.49. The van der Waals surface area contributed by atoms with E-state index in [0.717, 1.165) is 35.4 Å². The van der Waals surface area contributed by atoms with Crippen molar-refractivity contribution in [2.45, 2.75) is 27.3 Å². The molecule has 0 aliphatic rings. The molecule has 2 heterocycles. The summed E-state index contributed by atoms with van der Waals surface area (Å²) in [6.45, 7) is 7.61. The van der Waals surface area contributed by atoms with Crippen molar-refractivity contribution in [2.24, 2.45) is 0 Å². The van der Waals surface area contributed by atoms with Crippen LogP contribution in [-0.2, 0) is 6.54 Å². The van der Waals surface area contributed by atoms with E-state index in [2.05, 4.69) is 63.3 Å². The van der Waals surface area contributed by atoms with Crippen LogP contribution in [0.3, 0.4) is 0 Å². The van der Waals surface area contributed by atoms with Crippen LogP contribution in [0.1, 0.15) is 24.0 Å². The fraction of sp³-hybridized carbons (Fsp3) is 0.250. The fourth-order valence-electron chi connectivity index (χ4n) is 2.74. The van der Waals surface area contributed by atoms with Crippen LogP contribution >= 0.6 is 0 Å². The van der Waals surface area contributed by atoms with Gasteiger partial charge in [0.2, 0.25) is 0 Å².